The maximum Gasteiger partial charge on any atom is 0.277 e. The maximum atomic E-state index is 13.6. The first kappa shape index (κ1) is 22.5. The fourth-order valence-corrected chi connectivity index (χ4v) is 4.41. The second-order valence-corrected chi connectivity index (χ2v) is 8.39. The zero-order valence-electron chi connectivity index (χ0n) is 19.3. The van der Waals surface area contributed by atoms with Crippen molar-refractivity contribution in [2.75, 3.05) is 25.1 Å². The maximum absolute atomic E-state index is 13.6. The molecule has 2 aliphatic heterocycles. The van der Waals surface area contributed by atoms with Crippen molar-refractivity contribution in [3.05, 3.63) is 65.5 Å². The number of anilines is 1. The molecule has 3 aromatic rings. The predicted molar refractivity (Wildman–Crippen MR) is 127 cm³/mol. The zero-order chi connectivity index (χ0) is 24.5. The molecule has 1 saturated heterocycles. The average molecular weight is 476 g/mol. The number of carbonyl (C=O) groups is 3. The summed E-state index contributed by atoms with van der Waals surface area (Å²) in [5.41, 5.74) is 7.78. The highest BCUT2D eigenvalue weighted by atomic mass is 16.7. The molecule has 0 radical (unpaired) electrons. The van der Waals surface area contributed by atoms with Crippen molar-refractivity contribution < 1.29 is 24.0 Å². The number of primary amides is 1. The van der Waals surface area contributed by atoms with Crippen molar-refractivity contribution >= 4 is 23.4 Å². The Hall–Kier alpha value is -4.34. The number of rotatable bonds is 6. The predicted octanol–water partition coefficient (Wildman–Crippen LogP) is 2.49. The number of fused-ring (bicyclic) bond motifs is 1. The topological polar surface area (TPSA) is 120 Å². The smallest absolute Gasteiger partial charge is 0.277 e. The van der Waals surface area contributed by atoms with Gasteiger partial charge in [-0.2, -0.15) is 10.2 Å². The number of nitrogens with two attached hydrogens (primary N) is 1. The molecule has 0 saturated carbocycles. The van der Waals surface area contributed by atoms with Crippen LogP contribution in [0.1, 0.15) is 45.8 Å². The van der Waals surface area contributed by atoms with Crippen LogP contribution in [0.25, 0.3) is 5.69 Å². The van der Waals surface area contributed by atoms with Gasteiger partial charge >= 0.3 is 0 Å². The van der Waals surface area contributed by atoms with E-state index in [2.05, 4.69) is 5.10 Å². The summed E-state index contributed by atoms with van der Waals surface area (Å²) in [7, 11) is 1.57. The molecule has 0 spiro atoms. The van der Waals surface area contributed by atoms with E-state index < -0.39 is 5.91 Å². The monoisotopic (exact) mass is 475 g/mol. The van der Waals surface area contributed by atoms with E-state index in [0.29, 0.717) is 60.1 Å². The summed E-state index contributed by atoms with van der Waals surface area (Å²) in [5.74, 6) is 0.182. The molecule has 5 rings (SSSR count). The van der Waals surface area contributed by atoms with E-state index in [1.54, 1.807) is 60.5 Å². The highest BCUT2D eigenvalue weighted by Crippen LogP contribution is 2.30. The summed E-state index contributed by atoms with van der Waals surface area (Å²) in [6.45, 7) is 0.927. The standard InChI is InChI=1S/C25H25N5O5/c1-34-18-9-7-17(8-10-18)30-23-20(22(27-30)24(26)32)13-15-28(25(23)33)16-5-11-19(12-6-16)35-29-14-3-2-4-21(29)31/h5-12H,2-4,13-15H2,1H3,(H2,26,32). The number of carbonyl (C=O) groups excluding carboxylic acids is 3. The Bertz CT molecular complexity index is 1280. The molecule has 0 bridgehead atoms. The number of hydrogen-bond acceptors (Lipinski definition) is 6. The van der Waals surface area contributed by atoms with Crippen LogP contribution in [-0.2, 0) is 11.2 Å². The number of nitrogens with zero attached hydrogens (tertiary/aromatic N) is 4. The van der Waals surface area contributed by atoms with Crippen LogP contribution in [0.2, 0.25) is 0 Å². The van der Waals surface area contributed by atoms with Crippen LogP contribution in [0.3, 0.4) is 0 Å². The summed E-state index contributed by atoms with van der Waals surface area (Å²) >= 11 is 0. The molecule has 0 unspecified atom stereocenters. The number of benzene rings is 2. The van der Waals surface area contributed by atoms with Crippen molar-refractivity contribution in [2.24, 2.45) is 5.73 Å². The van der Waals surface area contributed by atoms with E-state index >= 15 is 0 Å². The number of methoxy groups -OCH3 is 1. The van der Waals surface area contributed by atoms with E-state index in [9.17, 15) is 14.4 Å². The SMILES string of the molecule is COc1ccc(-n2nc(C(N)=O)c3c2C(=O)N(c2ccc(ON4CCCCC4=O)cc2)CC3)cc1. The minimum absolute atomic E-state index is 0.0314. The molecule has 0 aliphatic carbocycles. The Kier molecular flexibility index (Phi) is 5.86. The molecule has 1 aromatic heterocycles. The van der Waals surface area contributed by atoms with Crippen molar-refractivity contribution in [3.63, 3.8) is 0 Å². The summed E-state index contributed by atoms with van der Waals surface area (Å²) in [6.07, 6.45) is 2.69. The van der Waals surface area contributed by atoms with Gasteiger partial charge in [-0.05, 0) is 67.8 Å². The van der Waals surface area contributed by atoms with Gasteiger partial charge < -0.3 is 20.2 Å². The van der Waals surface area contributed by atoms with E-state index in [0.717, 1.165) is 12.8 Å². The zero-order valence-corrected chi connectivity index (χ0v) is 19.3. The van der Waals surface area contributed by atoms with Crippen LogP contribution < -0.4 is 20.2 Å². The van der Waals surface area contributed by atoms with Crippen LogP contribution in [0.15, 0.2) is 48.5 Å². The average Bonchev–Trinajstić information content (AvgIpc) is 3.27. The normalized spacial score (nSPS) is 15.7. The lowest BCUT2D eigenvalue weighted by Crippen LogP contribution is -2.39. The second kappa shape index (κ2) is 9.13. The Labute approximate surface area is 201 Å². The van der Waals surface area contributed by atoms with Crippen LogP contribution in [0, 0.1) is 0 Å². The summed E-state index contributed by atoms with van der Waals surface area (Å²) in [4.78, 5) is 45.0. The third kappa shape index (κ3) is 4.18. The van der Waals surface area contributed by atoms with Crippen LogP contribution in [-0.4, -0.2) is 52.8 Å². The van der Waals surface area contributed by atoms with Gasteiger partial charge in [0, 0.05) is 24.2 Å². The molecule has 3 amide bonds. The van der Waals surface area contributed by atoms with Gasteiger partial charge in [-0.1, -0.05) is 0 Å². The fourth-order valence-electron chi connectivity index (χ4n) is 4.41. The van der Waals surface area contributed by atoms with E-state index in [1.807, 2.05) is 0 Å². The first-order valence-electron chi connectivity index (χ1n) is 11.4. The van der Waals surface area contributed by atoms with Gasteiger partial charge in [0.25, 0.3) is 17.7 Å². The summed E-state index contributed by atoms with van der Waals surface area (Å²) < 4.78 is 6.67. The van der Waals surface area contributed by atoms with Gasteiger partial charge in [0.1, 0.15) is 11.4 Å². The molecule has 1 fully saturated rings. The number of hydrogen-bond donors (Lipinski definition) is 1. The van der Waals surface area contributed by atoms with E-state index in [4.69, 9.17) is 15.3 Å². The fraction of sp³-hybridized carbons (Fsp3) is 0.280. The lowest BCUT2D eigenvalue weighted by Gasteiger charge is -2.28. The minimum Gasteiger partial charge on any atom is -0.497 e. The Balaban J connectivity index is 1.43. The Morgan fingerprint density at radius 2 is 1.60 bits per heavy atom. The van der Waals surface area contributed by atoms with Gasteiger partial charge in [-0.15, -0.1) is 0 Å². The first-order chi connectivity index (χ1) is 17.0. The molecule has 2 aromatic carbocycles. The number of ether oxygens (including phenoxy) is 1. The highest BCUT2D eigenvalue weighted by Gasteiger charge is 2.34. The highest BCUT2D eigenvalue weighted by molar-refractivity contribution is 6.09. The number of aromatic nitrogens is 2. The first-order valence-corrected chi connectivity index (χ1v) is 11.4. The molecule has 2 aliphatic rings. The molecular formula is C25H25N5O5. The molecular weight excluding hydrogens is 450 g/mol. The lowest BCUT2D eigenvalue weighted by molar-refractivity contribution is -0.161. The third-order valence-corrected chi connectivity index (χ3v) is 6.21. The number of hydroxylamine groups is 2. The minimum atomic E-state index is -0.677. The summed E-state index contributed by atoms with van der Waals surface area (Å²) in [6, 6.07) is 14.0. The van der Waals surface area contributed by atoms with Gasteiger partial charge in [-0.3, -0.25) is 14.4 Å². The number of piperidine rings is 1. The van der Waals surface area contributed by atoms with Crippen LogP contribution in [0.4, 0.5) is 5.69 Å². The van der Waals surface area contributed by atoms with E-state index in [1.165, 1.54) is 9.75 Å². The molecule has 2 N–H and O–H groups in total. The van der Waals surface area contributed by atoms with Gasteiger partial charge in [0.15, 0.2) is 11.4 Å². The largest absolute Gasteiger partial charge is 0.497 e. The van der Waals surface area contributed by atoms with E-state index in [-0.39, 0.29) is 17.5 Å². The quantitative estimate of drug-likeness (QED) is 0.585. The van der Waals surface area contributed by atoms with Crippen molar-refractivity contribution in [2.45, 2.75) is 25.7 Å². The van der Waals surface area contributed by atoms with Crippen molar-refractivity contribution in [3.8, 4) is 17.2 Å². The molecule has 10 heteroatoms. The second-order valence-electron chi connectivity index (χ2n) is 8.39. The third-order valence-electron chi connectivity index (χ3n) is 6.21. The number of amides is 3. The lowest BCUT2D eigenvalue weighted by atomic mass is 10.0. The van der Waals surface area contributed by atoms with Gasteiger partial charge in [0.05, 0.1) is 19.3 Å². The Morgan fingerprint density at radius 3 is 2.26 bits per heavy atom. The Morgan fingerprint density at radius 1 is 0.914 bits per heavy atom. The van der Waals surface area contributed by atoms with Gasteiger partial charge in [-0.25, -0.2) is 4.68 Å². The molecule has 10 nitrogen and oxygen atoms in total. The molecule has 35 heavy (non-hydrogen) atoms. The molecule has 0 atom stereocenters. The van der Waals surface area contributed by atoms with Crippen molar-refractivity contribution in [1.82, 2.24) is 14.8 Å². The molecule has 180 valence electrons. The summed E-state index contributed by atoms with van der Waals surface area (Å²) in [5, 5.41) is 5.76. The molecule has 3 heterocycles. The van der Waals surface area contributed by atoms with Gasteiger partial charge in [0.2, 0.25) is 0 Å². The van der Waals surface area contributed by atoms with Crippen LogP contribution in [0.5, 0.6) is 11.5 Å². The van der Waals surface area contributed by atoms with Crippen molar-refractivity contribution in [1.29, 1.82) is 0 Å². The van der Waals surface area contributed by atoms with Crippen LogP contribution >= 0.6 is 0 Å².